The zero-order chi connectivity index (χ0) is 33.0. The van der Waals surface area contributed by atoms with Crippen LogP contribution in [0.5, 0.6) is 11.5 Å². The highest BCUT2D eigenvalue weighted by atomic mass is 16.5. The lowest BCUT2D eigenvalue weighted by molar-refractivity contribution is 0.487. The number of hydrogen-bond acceptors (Lipinski definition) is 2. The van der Waals surface area contributed by atoms with Gasteiger partial charge in [-0.25, -0.2) is 0 Å². The molecule has 1 aliphatic heterocycles. The predicted octanol–water partition coefficient (Wildman–Crippen LogP) is 13.7. The van der Waals surface area contributed by atoms with Crippen LogP contribution < -0.4 is 9.64 Å². The summed E-state index contributed by atoms with van der Waals surface area (Å²) in [5.41, 5.74) is 10.4. The maximum Gasteiger partial charge on any atom is 0.135 e. The van der Waals surface area contributed by atoms with Crippen molar-refractivity contribution in [2.45, 2.75) is 0 Å². The van der Waals surface area contributed by atoms with Gasteiger partial charge in [-0.05, 0) is 97.9 Å². The monoisotopic (exact) mass is 637 g/mol. The number of hydrogen-bond donors (Lipinski definition) is 0. The first-order valence-electron chi connectivity index (χ1n) is 17.1. The van der Waals surface area contributed by atoms with E-state index in [1.165, 1.54) is 49.0 Å². The molecule has 0 unspecified atom stereocenters. The van der Waals surface area contributed by atoms with Gasteiger partial charge in [0, 0.05) is 27.7 Å². The van der Waals surface area contributed by atoms with Crippen molar-refractivity contribution in [1.29, 1.82) is 0 Å². The van der Waals surface area contributed by atoms with E-state index >= 15 is 0 Å². The van der Waals surface area contributed by atoms with Gasteiger partial charge in [0.05, 0.1) is 5.69 Å². The summed E-state index contributed by atoms with van der Waals surface area (Å²) >= 11 is 0. The standard InChI is InChI=1S/C48H31NO/c1-3-18-40-32(10-1)12-6-20-41(40)34-24-27-38(28-25-34)49(45-22-8-13-33-11-2-4-19-42(33)45)39-17-5-16-36(30-39)37-26-29-46-44(31-37)43-21-7-14-35-15-9-23-47(50-46)48(35)43/h1-31H. The summed E-state index contributed by atoms with van der Waals surface area (Å²) in [5, 5.41) is 7.28. The Morgan fingerprint density at radius 1 is 0.340 bits per heavy atom. The molecule has 0 spiro atoms. The molecule has 234 valence electrons. The molecule has 10 rings (SSSR count). The number of nitrogens with zero attached hydrogens (tertiary/aromatic N) is 1. The van der Waals surface area contributed by atoms with E-state index in [0.29, 0.717) is 0 Å². The maximum atomic E-state index is 6.42. The zero-order valence-electron chi connectivity index (χ0n) is 27.3. The van der Waals surface area contributed by atoms with Crippen molar-refractivity contribution in [3.05, 3.63) is 188 Å². The van der Waals surface area contributed by atoms with Crippen molar-refractivity contribution >= 4 is 49.4 Å². The molecule has 2 heteroatoms. The molecule has 0 atom stereocenters. The molecule has 0 aromatic heterocycles. The Labute approximate surface area is 291 Å². The van der Waals surface area contributed by atoms with Crippen LogP contribution in [0.25, 0.3) is 65.7 Å². The first kappa shape index (κ1) is 28.4. The van der Waals surface area contributed by atoms with Crippen molar-refractivity contribution in [2.24, 2.45) is 0 Å². The van der Waals surface area contributed by atoms with E-state index in [-0.39, 0.29) is 0 Å². The van der Waals surface area contributed by atoms with Crippen LogP contribution in [0.2, 0.25) is 0 Å². The van der Waals surface area contributed by atoms with Gasteiger partial charge in [0.25, 0.3) is 0 Å². The smallest absolute Gasteiger partial charge is 0.135 e. The van der Waals surface area contributed by atoms with Gasteiger partial charge in [-0.1, -0.05) is 140 Å². The van der Waals surface area contributed by atoms with Crippen LogP contribution in [0, 0.1) is 0 Å². The second-order valence-corrected chi connectivity index (χ2v) is 12.9. The molecular weight excluding hydrogens is 607 g/mol. The minimum Gasteiger partial charge on any atom is -0.456 e. The fourth-order valence-corrected chi connectivity index (χ4v) is 7.67. The number of anilines is 3. The Kier molecular flexibility index (Phi) is 6.53. The highest BCUT2D eigenvalue weighted by Gasteiger charge is 2.21. The average molecular weight is 638 g/mol. The third-order valence-corrected chi connectivity index (χ3v) is 10.0. The second-order valence-electron chi connectivity index (χ2n) is 12.9. The summed E-state index contributed by atoms with van der Waals surface area (Å²) in [5.74, 6) is 1.80. The maximum absolute atomic E-state index is 6.42. The molecule has 1 heterocycles. The van der Waals surface area contributed by atoms with E-state index in [4.69, 9.17) is 4.74 Å². The molecule has 2 nitrogen and oxygen atoms in total. The molecule has 0 aliphatic carbocycles. The highest BCUT2D eigenvalue weighted by Crippen LogP contribution is 2.48. The lowest BCUT2D eigenvalue weighted by atomic mass is 9.92. The van der Waals surface area contributed by atoms with Gasteiger partial charge < -0.3 is 9.64 Å². The van der Waals surface area contributed by atoms with Crippen molar-refractivity contribution in [2.75, 3.05) is 4.90 Å². The molecule has 1 aliphatic rings. The molecule has 0 radical (unpaired) electrons. The third-order valence-electron chi connectivity index (χ3n) is 10.0. The van der Waals surface area contributed by atoms with Crippen LogP contribution >= 0.6 is 0 Å². The van der Waals surface area contributed by atoms with Gasteiger partial charge in [-0.2, -0.15) is 0 Å². The summed E-state index contributed by atoms with van der Waals surface area (Å²) in [6.45, 7) is 0. The molecule has 50 heavy (non-hydrogen) atoms. The first-order valence-corrected chi connectivity index (χ1v) is 17.1. The van der Waals surface area contributed by atoms with Crippen LogP contribution in [0.15, 0.2) is 188 Å². The lowest BCUT2D eigenvalue weighted by Crippen LogP contribution is -2.10. The van der Waals surface area contributed by atoms with Crippen molar-refractivity contribution in [3.63, 3.8) is 0 Å². The van der Waals surface area contributed by atoms with E-state index in [0.717, 1.165) is 45.3 Å². The van der Waals surface area contributed by atoms with Crippen molar-refractivity contribution in [1.82, 2.24) is 0 Å². The van der Waals surface area contributed by atoms with Crippen molar-refractivity contribution in [3.8, 4) is 44.9 Å². The van der Waals surface area contributed by atoms with Gasteiger partial charge in [0.15, 0.2) is 0 Å². The van der Waals surface area contributed by atoms with Gasteiger partial charge in [0.1, 0.15) is 11.5 Å². The quantitative estimate of drug-likeness (QED) is 0.186. The topological polar surface area (TPSA) is 12.5 Å². The van der Waals surface area contributed by atoms with Crippen LogP contribution in [-0.4, -0.2) is 0 Å². The van der Waals surface area contributed by atoms with Gasteiger partial charge >= 0.3 is 0 Å². The summed E-state index contributed by atoms with van der Waals surface area (Å²) in [7, 11) is 0. The number of ether oxygens (including phenoxy) is 1. The lowest BCUT2D eigenvalue weighted by Gasteiger charge is -2.28. The van der Waals surface area contributed by atoms with E-state index in [1.54, 1.807) is 0 Å². The zero-order valence-corrected chi connectivity index (χ0v) is 27.3. The van der Waals surface area contributed by atoms with E-state index in [2.05, 4.69) is 193 Å². The van der Waals surface area contributed by atoms with Gasteiger partial charge in [0.2, 0.25) is 0 Å². The number of rotatable bonds is 5. The van der Waals surface area contributed by atoms with Crippen LogP contribution in [-0.2, 0) is 0 Å². The molecule has 0 fully saturated rings. The fourth-order valence-electron chi connectivity index (χ4n) is 7.67. The minimum atomic E-state index is 0.889. The van der Waals surface area contributed by atoms with Crippen LogP contribution in [0.4, 0.5) is 17.1 Å². The molecular formula is C48H31NO. The minimum absolute atomic E-state index is 0.889. The first-order chi connectivity index (χ1) is 24.8. The average Bonchev–Trinajstić information content (AvgIpc) is 3.18. The van der Waals surface area contributed by atoms with E-state index in [1.807, 2.05) is 0 Å². The Bertz CT molecular complexity index is 2730. The number of fused-ring (bicyclic) bond motifs is 4. The molecule has 0 N–H and O–H groups in total. The Morgan fingerprint density at radius 3 is 1.80 bits per heavy atom. The largest absolute Gasteiger partial charge is 0.456 e. The Balaban J connectivity index is 1.10. The molecule has 9 aromatic rings. The van der Waals surface area contributed by atoms with Crippen molar-refractivity contribution < 1.29 is 4.74 Å². The molecule has 0 amide bonds. The summed E-state index contributed by atoms with van der Waals surface area (Å²) < 4.78 is 6.42. The third kappa shape index (κ3) is 4.65. The van der Waals surface area contributed by atoms with Gasteiger partial charge in [-0.3, -0.25) is 0 Å². The summed E-state index contributed by atoms with van der Waals surface area (Å²) in [4.78, 5) is 2.39. The van der Waals surface area contributed by atoms with Crippen LogP contribution in [0.1, 0.15) is 0 Å². The summed E-state index contributed by atoms with van der Waals surface area (Å²) in [6, 6.07) is 67.5. The second kappa shape index (κ2) is 11.5. The molecule has 0 saturated heterocycles. The molecule has 0 bridgehead atoms. The fraction of sp³-hybridized carbons (Fsp3) is 0. The Hall–Kier alpha value is -6.64. The Morgan fingerprint density at radius 2 is 0.960 bits per heavy atom. The SMILES string of the molecule is c1cc(-c2ccc3c(c2)-c2cccc4cccc(c24)O3)cc(N(c2ccc(-c3cccc4ccccc34)cc2)c2cccc3ccccc23)c1. The molecule has 9 aromatic carbocycles. The van der Waals surface area contributed by atoms with E-state index in [9.17, 15) is 0 Å². The highest BCUT2D eigenvalue weighted by molar-refractivity contribution is 6.05. The predicted molar refractivity (Wildman–Crippen MR) is 210 cm³/mol. The number of benzene rings is 9. The van der Waals surface area contributed by atoms with Gasteiger partial charge in [-0.15, -0.1) is 0 Å². The molecule has 0 saturated carbocycles. The summed E-state index contributed by atoms with van der Waals surface area (Å²) in [6.07, 6.45) is 0. The van der Waals surface area contributed by atoms with E-state index < -0.39 is 0 Å². The normalized spacial score (nSPS) is 11.8. The van der Waals surface area contributed by atoms with Crippen LogP contribution in [0.3, 0.4) is 0 Å².